The van der Waals surface area contributed by atoms with E-state index in [1.165, 1.54) is 12.3 Å². The van der Waals surface area contributed by atoms with Gasteiger partial charge in [0.2, 0.25) is 5.82 Å². The van der Waals surface area contributed by atoms with E-state index < -0.39 is 4.92 Å². The third-order valence-corrected chi connectivity index (χ3v) is 2.55. The highest BCUT2D eigenvalue weighted by molar-refractivity contribution is 9.10. The van der Waals surface area contributed by atoms with Crippen LogP contribution in [0.2, 0.25) is 0 Å². The number of aromatic nitrogens is 1. The number of nitrogens with one attached hydrogen (secondary N) is 1. The van der Waals surface area contributed by atoms with Gasteiger partial charge in [-0.2, -0.15) is 0 Å². The molecule has 0 aliphatic carbocycles. The van der Waals surface area contributed by atoms with Gasteiger partial charge >= 0.3 is 5.69 Å². The van der Waals surface area contributed by atoms with Crippen LogP contribution in [0.5, 0.6) is 0 Å². The molecule has 0 aromatic carbocycles. The van der Waals surface area contributed by atoms with Gasteiger partial charge in [-0.25, -0.2) is 4.98 Å². The van der Waals surface area contributed by atoms with Crippen molar-refractivity contribution in [3.63, 3.8) is 0 Å². The summed E-state index contributed by atoms with van der Waals surface area (Å²) in [7, 11) is 0. The summed E-state index contributed by atoms with van der Waals surface area (Å²) in [4.78, 5) is 14.3. The first-order valence-electron chi connectivity index (χ1n) is 5.11. The molecule has 0 radical (unpaired) electrons. The van der Waals surface area contributed by atoms with Gasteiger partial charge in [-0.15, -0.1) is 6.42 Å². The first kappa shape index (κ1) is 13.5. The van der Waals surface area contributed by atoms with Gasteiger partial charge in [-0.05, 0) is 22.4 Å². The predicted octanol–water partition coefficient (Wildman–Crippen LogP) is 2.97. The van der Waals surface area contributed by atoms with Crippen molar-refractivity contribution in [2.24, 2.45) is 0 Å². The lowest BCUT2D eigenvalue weighted by molar-refractivity contribution is -0.384. The monoisotopic (exact) mass is 297 g/mol. The third-order valence-electron chi connectivity index (χ3n) is 2.12. The van der Waals surface area contributed by atoms with Crippen molar-refractivity contribution in [3.05, 3.63) is 26.9 Å². The molecule has 0 saturated carbocycles. The third kappa shape index (κ3) is 3.71. The van der Waals surface area contributed by atoms with E-state index in [0.717, 1.165) is 12.8 Å². The second-order valence-electron chi connectivity index (χ2n) is 3.43. The topological polar surface area (TPSA) is 68.1 Å². The highest BCUT2D eigenvalue weighted by atomic mass is 79.9. The minimum Gasteiger partial charge on any atom is -0.351 e. The number of hydrogen-bond donors (Lipinski definition) is 1. The molecule has 0 bridgehead atoms. The molecule has 0 saturated heterocycles. The van der Waals surface area contributed by atoms with E-state index in [9.17, 15) is 10.1 Å². The lowest BCUT2D eigenvalue weighted by Crippen LogP contribution is -2.18. The highest BCUT2D eigenvalue weighted by Gasteiger charge is 2.17. The van der Waals surface area contributed by atoms with Gasteiger partial charge in [0.25, 0.3) is 0 Å². The first-order chi connectivity index (χ1) is 8.08. The summed E-state index contributed by atoms with van der Waals surface area (Å²) in [5, 5.41) is 13.8. The standard InChI is InChI=1S/C11H12BrN3O2/c1-3-5-9(4-2)14-11-10(15(16)17)6-8(12)7-13-11/h2,6-7,9H,3,5H2,1H3,(H,13,14). The molecule has 0 fully saturated rings. The maximum Gasteiger partial charge on any atom is 0.312 e. The fourth-order valence-corrected chi connectivity index (χ4v) is 1.65. The zero-order chi connectivity index (χ0) is 12.8. The molecule has 0 aliphatic rings. The van der Waals surface area contributed by atoms with Gasteiger partial charge in [-0.3, -0.25) is 10.1 Å². The van der Waals surface area contributed by atoms with E-state index in [2.05, 4.69) is 32.2 Å². The summed E-state index contributed by atoms with van der Waals surface area (Å²) >= 11 is 3.14. The summed E-state index contributed by atoms with van der Waals surface area (Å²) in [5.41, 5.74) is -0.0873. The minimum atomic E-state index is -0.486. The van der Waals surface area contributed by atoms with Crippen LogP contribution < -0.4 is 5.32 Å². The molecular weight excluding hydrogens is 286 g/mol. The molecule has 1 aromatic rings. The van der Waals surface area contributed by atoms with Gasteiger partial charge in [-0.1, -0.05) is 19.3 Å². The van der Waals surface area contributed by atoms with Crippen molar-refractivity contribution < 1.29 is 4.92 Å². The van der Waals surface area contributed by atoms with Crippen LogP contribution in [-0.2, 0) is 0 Å². The van der Waals surface area contributed by atoms with Crippen molar-refractivity contribution in [1.29, 1.82) is 0 Å². The van der Waals surface area contributed by atoms with Crippen LogP contribution in [-0.4, -0.2) is 15.9 Å². The largest absolute Gasteiger partial charge is 0.351 e. The smallest absolute Gasteiger partial charge is 0.312 e. The molecular formula is C11H12BrN3O2. The second kappa shape index (κ2) is 6.21. The summed E-state index contributed by atoms with van der Waals surface area (Å²) < 4.78 is 0.558. The first-order valence-corrected chi connectivity index (χ1v) is 5.90. The molecule has 1 rings (SSSR count). The van der Waals surface area contributed by atoms with Crippen LogP contribution >= 0.6 is 15.9 Å². The van der Waals surface area contributed by atoms with E-state index in [1.54, 1.807) is 0 Å². The highest BCUT2D eigenvalue weighted by Crippen LogP contribution is 2.26. The molecule has 6 heteroatoms. The molecule has 1 aromatic heterocycles. The Kier molecular flexibility index (Phi) is 4.91. The number of nitro groups is 1. The maximum absolute atomic E-state index is 10.9. The zero-order valence-electron chi connectivity index (χ0n) is 9.31. The number of terminal acetylenes is 1. The van der Waals surface area contributed by atoms with Crippen LogP contribution in [0, 0.1) is 22.5 Å². The van der Waals surface area contributed by atoms with E-state index in [0.29, 0.717) is 4.47 Å². The van der Waals surface area contributed by atoms with Crippen molar-refractivity contribution in [1.82, 2.24) is 4.98 Å². The molecule has 90 valence electrons. The Balaban J connectivity index is 2.98. The Morgan fingerprint density at radius 3 is 3.00 bits per heavy atom. The summed E-state index contributed by atoms with van der Waals surface area (Å²) in [6, 6.07) is 1.15. The maximum atomic E-state index is 10.9. The van der Waals surface area contributed by atoms with Crippen LogP contribution in [0.15, 0.2) is 16.7 Å². The van der Waals surface area contributed by atoms with Crippen LogP contribution in [0.1, 0.15) is 19.8 Å². The van der Waals surface area contributed by atoms with Gasteiger partial charge in [0.05, 0.1) is 11.0 Å². The van der Waals surface area contributed by atoms with Crippen molar-refractivity contribution in [2.75, 3.05) is 5.32 Å². The van der Waals surface area contributed by atoms with Gasteiger partial charge in [0, 0.05) is 16.7 Å². The number of rotatable bonds is 5. The Bertz CT molecular complexity index is 457. The Morgan fingerprint density at radius 1 is 1.76 bits per heavy atom. The minimum absolute atomic E-state index is 0.0873. The number of halogens is 1. The number of pyridine rings is 1. The molecule has 1 unspecified atom stereocenters. The van der Waals surface area contributed by atoms with E-state index in [-0.39, 0.29) is 17.5 Å². The number of nitrogens with zero attached hydrogens (tertiary/aromatic N) is 2. The molecule has 0 aliphatic heterocycles. The zero-order valence-corrected chi connectivity index (χ0v) is 10.9. The Hall–Kier alpha value is -1.61. The Morgan fingerprint density at radius 2 is 2.47 bits per heavy atom. The van der Waals surface area contributed by atoms with Crippen molar-refractivity contribution >= 4 is 27.4 Å². The molecule has 5 nitrogen and oxygen atoms in total. The van der Waals surface area contributed by atoms with Gasteiger partial charge < -0.3 is 5.32 Å². The fraction of sp³-hybridized carbons (Fsp3) is 0.364. The molecule has 1 heterocycles. The van der Waals surface area contributed by atoms with E-state index in [1.807, 2.05) is 6.92 Å². The summed E-state index contributed by atoms with van der Waals surface area (Å²) in [6.07, 6.45) is 8.47. The van der Waals surface area contributed by atoms with Gasteiger partial charge in [0.15, 0.2) is 0 Å². The number of hydrogen-bond acceptors (Lipinski definition) is 4. The van der Waals surface area contributed by atoms with Crippen LogP contribution in [0.4, 0.5) is 11.5 Å². The normalized spacial score (nSPS) is 11.6. The molecule has 1 atom stereocenters. The van der Waals surface area contributed by atoms with Crippen LogP contribution in [0.25, 0.3) is 0 Å². The van der Waals surface area contributed by atoms with Gasteiger partial charge in [0.1, 0.15) is 0 Å². The number of anilines is 1. The Labute approximate surface area is 108 Å². The predicted molar refractivity (Wildman–Crippen MR) is 69.7 cm³/mol. The van der Waals surface area contributed by atoms with E-state index >= 15 is 0 Å². The molecule has 0 amide bonds. The summed E-state index contributed by atoms with van der Waals surface area (Å²) in [6.45, 7) is 2.00. The lowest BCUT2D eigenvalue weighted by Gasteiger charge is -2.12. The molecule has 17 heavy (non-hydrogen) atoms. The fourth-order valence-electron chi connectivity index (χ4n) is 1.33. The van der Waals surface area contributed by atoms with Crippen molar-refractivity contribution in [3.8, 4) is 12.3 Å². The SMILES string of the molecule is C#CC(CCC)Nc1ncc(Br)cc1[N+](=O)[O-]. The molecule has 1 N–H and O–H groups in total. The molecule has 0 spiro atoms. The summed E-state index contributed by atoms with van der Waals surface area (Å²) in [5.74, 6) is 2.75. The van der Waals surface area contributed by atoms with E-state index in [4.69, 9.17) is 6.42 Å². The van der Waals surface area contributed by atoms with Crippen LogP contribution in [0.3, 0.4) is 0 Å². The second-order valence-corrected chi connectivity index (χ2v) is 4.35. The van der Waals surface area contributed by atoms with Crippen molar-refractivity contribution in [2.45, 2.75) is 25.8 Å². The average molecular weight is 298 g/mol. The quantitative estimate of drug-likeness (QED) is 0.515. The lowest BCUT2D eigenvalue weighted by atomic mass is 10.2. The average Bonchev–Trinajstić information content (AvgIpc) is 2.30.